The number of rotatable bonds is 5. The van der Waals surface area contributed by atoms with Crippen molar-refractivity contribution >= 4 is 6.03 Å². The number of aromatic nitrogens is 2. The van der Waals surface area contributed by atoms with Crippen molar-refractivity contribution in [2.45, 2.75) is 58.0 Å². The molecular weight excluding hydrogens is 272 g/mol. The van der Waals surface area contributed by atoms with E-state index in [0.717, 1.165) is 12.8 Å². The second-order valence-electron chi connectivity index (χ2n) is 6.53. The van der Waals surface area contributed by atoms with Crippen LogP contribution in [-0.2, 0) is 5.41 Å². The smallest absolute Gasteiger partial charge is 0.318 e. The molecule has 1 heterocycles. The average Bonchev–Trinajstić information content (AvgIpc) is 3.08. The number of carbonyl (C=O) groups excluding carboxylic acids is 1. The van der Waals surface area contributed by atoms with Gasteiger partial charge in [-0.2, -0.15) is 4.98 Å². The molecule has 1 unspecified atom stereocenters. The molecule has 0 spiro atoms. The van der Waals surface area contributed by atoms with Crippen molar-refractivity contribution < 1.29 is 14.4 Å². The summed E-state index contributed by atoms with van der Waals surface area (Å²) in [5.74, 6) is 1.01. The van der Waals surface area contributed by atoms with Gasteiger partial charge >= 0.3 is 6.03 Å². The van der Waals surface area contributed by atoms with Crippen molar-refractivity contribution in [3.8, 4) is 0 Å². The molecule has 118 valence electrons. The third-order valence-electron chi connectivity index (χ3n) is 3.41. The Balaban J connectivity index is 1.98. The molecule has 7 heteroatoms. The van der Waals surface area contributed by atoms with Gasteiger partial charge in [-0.05, 0) is 19.8 Å². The molecule has 2 rings (SSSR count). The lowest BCUT2D eigenvalue weighted by molar-refractivity contribution is 0.169. The summed E-state index contributed by atoms with van der Waals surface area (Å²) in [5.41, 5.74) is -0.192. The molecule has 0 radical (unpaired) electrons. The van der Waals surface area contributed by atoms with Crippen LogP contribution in [0.4, 0.5) is 4.79 Å². The summed E-state index contributed by atoms with van der Waals surface area (Å²) in [6, 6.07) is -0.312. The van der Waals surface area contributed by atoms with Gasteiger partial charge in [-0.1, -0.05) is 25.9 Å². The zero-order valence-corrected chi connectivity index (χ0v) is 13.1. The van der Waals surface area contributed by atoms with Crippen molar-refractivity contribution in [2.75, 3.05) is 13.2 Å². The summed E-state index contributed by atoms with van der Waals surface area (Å²) in [6.45, 7) is 8.12. The van der Waals surface area contributed by atoms with Crippen molar-refractivity contribution in [2.24, 2.45) is 0 Å². The molecule has 2 amide bonds. The summed E-state index contributed by atoms with van der Waals surface area (Å²) >= 11 is 0. The Hall–Kier alpha value is -1.63. The molecule has 1 atom stereocenters. The first-order chi connectivity index (χ1) is 9.82. The van der Waals surface area contributed by atoms with Crippen LogP contribution in [0, 0.1) is 0 Å². The van der Waals surface area contributed by atoms with E-state index in [1.165, 1.54) is 0 Å². The van der Waals surface area contributed by atoms with Crippen LogP contribution in [0.15, 0.2) is 4.52 Å². The first-order valence-corrected chi connectivity index (χ1v) is 7.35. The van der Waals surface area contributed by atoms with Gasteiger partial charge in [-0.15, -0.1) is 0 Å². The van der Waals surface area contributed by atoms with E-state index in [1.54, 1.807) is 4.90 Å². The largest absolute Gasteiger partial charge is 0.395 e. The topological polar surface area (TPSA) is 91.5 Å². The Morgan fingerprint density at radius 1 is 1.52 bits per heavy atom. The van der Waals surface area contributed by atoms with Gasteiger partial charge in [0, 0.05) is 18.0 Å². The fourth-order valence-corrected chi connectivity index (χ4v) is 1.99. The Bertz CT molecular complexity index is 491. The molecule has 1 aromatic rings. The molecule has 2 N–H and O–H groups in total. The molecule has 0 bridgehead atoms. The molecule has 1 aliphatic rings. The normalized spacial score (nSPS) is 16.6. The lowest BCUT2D eigenvalue weighted by Crippen LogP contribution is -2.43. The number of aliphatic hydroxyl groups is 1. The fraction of sp³-hybridized carbons (Fsp3) is 0.786. The maximum absolute atomic E-state index is 12.2. The van der Waals surface area contributed by atoms with Gasteiger partial charge in [0.15, 0.2) is 5.82 Å². The molecule has 1 saturated carbocycles. The van der Waals surface area contributed by atoms with Crippen LogP contribution in [0.2, 0.25) is 0 Å². The number of carbonyl (C=O) groups is 1. The number of nitrogens with one attached hydrogen (secondary N) is 1. The second kappa shape index (κ2) is 6.01. The van der Waals surface area contributed by atoms with Crippen LogP contribution in [-0.4, -0.2) is 45.4 Å². The Labute approximate surface area is 124 Å². The summed E-state index contributed by atoms with van der Waals surface area (Å²) in [5, 5.41) is 15.8. The lowest BCUT2D eigenvalue weighted by atomic mass is 9.96. The molecular formula is C14H24N4O3. The number of nitrogens with zero attached hydrogens (tertiary/aromatic N) is 3. The van der Waals surface area contributed by atoms with Crippen LogP contribution in [0.5, 0.6) is 0 Å². The number of hydrogen-bond donors (Lipinski definition) is 2. The lowest BCUT2D eigenvalue weighted by Gasteiger charge is -2.23. The zero-order chi connectivity index (χ0) is 15.6. The highest BCUT2D eigenvalue weighted by atomic mass is 16.5. The van der Waals surface area contributed by atoms with Crippen LogP contribution in [0.25, 0.3) is 0 Å². The number of hydrogen-bond acceptors (Lipinski definition) is 5. The third kappa shape index (κ3) is 3.93. The highest BCUT2D eigenvalue weighted by Crippen LogP contribution is 2.27. The van der Waals surface area contributed by atoms with E-state index in [4.69, 9.17) is 9.63 Å². The molecule has 0 aliphatic heterocycles. The van der Waals surface area contributed by atoms with Gasteiger partial charge in [0.05, 0.1) is 6.61 Å². The van der Waals surface area contributed by atoms with E-state index >= 15 is 0 Å². The highest BCUT2D eigenvalue weighted by molar-refractivity contribution is 5.75. The molecule has 0 saturated heterocycles. The zero-order valence-electron chi connectivity index (χ0n) is 13.1. The van der Waals surface area contributed by atoms with Gasteiger partial charge in [0.2, 0.25) is 5.89 Å². The molecule has 1 aromatic heterocycles. The van der Waals surface area contributed by atoms with Gasteiger partial charge in [-0.3, -0.25) is 0 Å². The minimum atomic E-state index is -0.360. The Kier molecular flexibility index (Phi) is 4.51. The van der Waals surface area contributed by atoms with E-state index < -0.39 is 0 Å². The Morgan fingerprint density at radius 2 is 2.19 bits per heavy atom. The summed E-state index contributed by atoms with van der Waals surface area (Å²) in [6.07, 6.45) is 1.99. The Morgan fingerprint density at radius 3 is 2.67 bits per heavy atom. The van der Waals surface area contributed by atoms with Gasteiger partial charge in [0.1, 0.15) is 6.04 Å². The first kappa shape index (κ1) is 15.8. The van der Waals surface area contributed by atoms with E-state index in [9.17, 15) is 4.79 Å². The van der Waals surface area contributed by atoms with Crippen molar-refractivity contribution in [3.63, 3.8) is 0 Å². The van der Waals surface area contributed by atoms with E-state index in [0.29, 0.717) is 18.3 Å². The maximum Gasteiger partial charge on any atom is 0.318 e. The van der Waals surface area contributed by atoms with Crippen LogP contribution in [0.3, 0.4) is 0 Å². The molecule has 7 nitrogen and oxygen atoms in total. The van der Waals surface area contributed by atoms with Crippen LogP contribution < -0.4 is 5.32 Å². The van der Waals surface area contributed by atoms with Gasteiger partial charge < -0.3 is 19.8 Å². The molecule has 0 aromatic carbocycles. The van der Waals surface area contributed by atoms with E-state index in [-0.39, 0.29) is 30.1 Å². The van der Waals surface area contributed by atoms with Crippen molar-refractivity contribution in [1.82, 2.24) is 20.4 Å². The van der Waals surface area contributed by atoms with Gasteiger partial charge in [-0.25, -0.2) is 4.79 Å². The minimum absolute atomic E-state index is 0.0347. The predicted octanol–water partition coefficient (Wildman–Crippen LogP) is 1.59. The van der Waals surface area contributed by atoms with E-state index in [1.807, 2.05) is 27.7 Å². The van der Waals surface area contributed by atoms with Crippen LogP contribution in [0.1, 0.15) is 58.3 Å². The summed E-state index contributed by atoms with van der Waals surface area (Å²) in [7, 11) is 0. The van der Waals surface area contributed by atoms with Crippen LogP contribution >= 0.6 is 0 Å². The number of amides is 2. The first-order valence-electron chi connectivity index (χ1n) is 7.35. The standard InChI is InChI=1S/C14H24N4O3/c1-9(11-16-12(17-21-11)14(2,3)4)15-13(20)18(7-8-19)10-5-6-10/h9-10,19H,5-8H2,1-4H3,(H,15,20). The van der Waals surface area contributed by atoms with Crippen molar-refractivity contribution in [3.05, 3.63) is 11.7 Å². The molecule has 1 fully saturated rings. The van der Waals surface area contributed by atoms with Gasteiger partial charge in [0.25, 0.3) is 0 Å². The summed E-state index contributed by atoms with van der Waals surface area (Å²) < 4.78 is 5.23. The number of aliphatic hydroxyl groups excluding tert-OH is 1. The molecule has 21 heavy (non-hydrogen) atoms. The van der Waals surface area contributed by atoms with E-state index in [2.05, 4.69) is 15.5 Å². The highest BCUT2D eigenvalue weighted by Gasteiger charge is 2.33. The monoisotopic (exact) mass is 296 g/mol. The predicted molar refractivity (Wildman–Crippen MR) is 76.8 cm³/mol. The fourth-order valence-electron chi connectivity index (χ4n) is 1.99. The molecule has 1 aliphatic carbocycles. The summed E-state index contributed by atoms with van der Waals surface area (Å²) in [4.78, 5) is 18.2. The third-order valence-corrected chi connectivity index (χ3v) is 3.41. The quantitative estimate of drug-likeness (QED) is 0.861. The average molecular weight is 296 g/mol. The van der Waals surface area contributed by atoms with Crippen molar-refractivity contribution in [1.29, 1.82) is 0 Å². The minimum Gasteiger partial charge on any atom is -0.395 e. The second-order valence-corrected chi connectivity index (χ2v) is 6.53. The maximum atomic E-state index is 12.2. The number of urea groups is 1. The SMILES string of the molecule is CC(NC(=O)N(CCO)C1CC1)c1nc(C(C)(C)C)no1.